The van der Waals surface area contributed by atoms with Gasteiger partial charge >= 0.3 is 0 Å². The summed E-state index contributed by atoms with van der Waals surface area (Å²) < 4.78 is 4.97. The fraction of sp³-hybridized carbons (Fsp3) is 0.714. The molecule has 62 valence electrons. The molecule has 0 amide bonds. The third-order valence-corrected chi connectivity index (χ3v) is 1.69. The molecule has 1 rings (SSSR count). The van der Waals surface area contributed by atoms with Gasteiger partial charge in [-0.2, -0.15) is 4.98 Å². The minimum atomic E-state index is 0.153. The van der Waals surface area contributed by atoms with Gasteiger partial charge in [0.2, 0.25) is 5.89 Å². The first kappa shape index (κ1) is 8.71. The maximum Gasteiger partial charge on any atom is 0.240 e. The van der Waals surface area contributed by atoms with Crippen LogP contribution in [0.2, 0.25) is 0 Å². The molecule has 3 nitrogen and oxygen atoms in total. The van der Waals surface area contributed by atoms with Crippen LogP contribution in [0.4, 0.5) is 0 Å². The van der Waals surface area contributed by atoms with Crippen molar-refractivity contribution in [3.8, 4) is 0 Å². The fourth-order valence-corrected chi connectivity index (χ4v) is 0.940. The Bertz CT molecular complexity index is 222. The Kier molecular flexibility index (Phi) is 3.05. The first-order valence-corrected chi connectivity index (χ1v) is 4.62. The van der Waals surface area contributed by atoms with Crippen LogP contribution in [0.3, 0.4) is 0 Å². The van der Waals surface area contributed by atoms with Gasteiger partial charge in [0, 0.05) is 6.42 Å². The molecule has 0 fully saturated rings. The Hall–Kier alpha value is -0.380. The van der Waals surface area contributed by atoms with Gasteiger partial charge in [0.1, 0.15) is 0 Å². The average Bonchev–Trinajstić information content (AvgIpc) is 2.37. The molecule has 1 atom stereocenters. The Morgan fingerprint density at radius 2 is 2.36 bits per heavy atom. The molecule has 0 aliphatic rings. The number of nitrogens with zero attached hydrogens (tertiary/aromatic N) is 2. The van der Waals surface area contributed by atoms with Crippen LogP contribution in [0.5, 0.6) is 0 Å². The third kappa shape index (κ3) is 2.29. The summed E-state index contributed by atoms with van der Waals surface area (Å²) in [6.07, 6.45) is 1.94. The van der Waals surface area contributed by atoms with Crippen LogP contribution in [0.25, 0.3) is 0 Å². The van der Waals surface area contributed by atoms with Crippen molar-refractivity contribution in [2.75, 3.05) is 0 Å². The Balaban J connectivity index is 2.66. The van der Waals surface area contributed by atoms with E-state index < -0.39 is 0 Å². The van der Waals surface area contributed by atoms with Crippen LogP contribution in [0, 0.1) is 0 Å². The minimum Gasteiger partial charge on any atom is -0.338 e. The van der Waals surface area contributed by atoms with Crippen molar-refractivity contribution in [2.24, 2.45) is 0 Å². The zero-order valence-corrected chi connectivity index (χ0v) is 8.26. The average molecular weight is 219 g/mol. The molecule has 1 aromatic heterocycles. The Morgan fingerprint density at radius 3 is 2.82 bits per heavy atom. The normalized spacial score (nSPS) is 13.4. The first-order valence-electron chi connectivity index (χ1n) is 3.70. The second-order valence-electron chi connectivity index (χ2n) is 2.41. The summed E-state index contributed by atoms with van der Waals surface area (Å²) in [5.41, 5.74) is 0. The summed E-state index contributed by atoms with van der Waals surface area (Å²) in [5.74, 6) is 1.46. The van der Waals surface area contributed by atoms with Gasteiger partial charge in [0.05, 0.1) is 4.83 Å². The number of alkyl halides is 1. The minimum absolute atomic E-state index is 0.153. The van der Waals surface area contributed by atoms with E-state index in [9.17, 15) is 0 Å². The molecule has 0 aliphatic carbocycles. The van der Waals surface area contributed by atoms with E-state index in [4.69, 9.17) is 4.52 Å². The standard InChI is InChI=1S/C7H11BrN2O/c1-3-4-6-9-7(5(2)8)11-10-6/h5H,3-4H2,1-2H3/t5-/m0/s1. The van der Waals surface area contributed by atoms with Crippen molar-refractivity contribution in [1.82, 2.24) is 10.1 Å². The van der Waals surface area contributed by atoms with Crippen LogP contribution in [0.1, 0.15) is 36.8 Å². The number of rotatable bonds is 3. The number of halogens is 1. The van der Waals surface area contributed by atoms with Gasteiger partial charge in [-0.15, -0.1) is 0 Å². The van der Waals surface area contributed by atoms with Crippen LogP contribution >= 0.6 is 15.9 Å². The summed E-state index contributed by atoms with van der Waals surface area (Å²) in [5, 5.41) is 3.81. The molecule has 0 radical (unpaired) electrons. The molecular weight excluding hydrogens is 208 g/mol. The van der Waals surface area contributed by atoms with Gasteiger partial charge in [-0.1, -0.05) is 28.0 Å². The quantitative estimate of drug-likeness (QED) is 0.733. The van der Waals surface area contributed by atoms with E-state index in [2.05, 4.69) is 33.0 Å². The SMILES string of the molecule is CCCc1noc([C@H](C)Br)n1. The van der Waals surface area contributed by atoms with E-state index in [0.29, 0.717) is 5.89 Å². The van der Waals surface area contributed by atoms with Gasteiger partial charge in [-0.3, -0.25) is 0 Å². The van der Waals surface area contributed by atoms with Gasteiger partial charge in [-0.25, -0.2) is 0 Å². The van der Waals surface area contributed by atoms with E-state index in [1.165, 1.54) is 0 Å². The smallest absolute Gasteiger partial charge is 0.240 e. The fourth-order valence-electron chi connectivity index (χ4n) is 0.754. The van der Waals surface area contributed by atoms with Crippen molar-refractivity contribution in [3.05, 3.63) is 11.7 Å². The van der Waals surface area contributed by atoms with E-state index in [0.717, 1.165) is 18.7 Å². The van der Waals surface area contributed by atoms with Crippen LogP contribution in [-0.4, -0.2) is 10.1 Å². The zero-order valence-electron chi connectivity index (χ0n) is 6.67. The van der Waals surface area contributed by atoms with Crippen molar-refractivity contribution >= 4 is 15.9 Å². The summed E-state index contributed by atoms with van der Waals surface area (Å²) in [4.78, 5) is 4.33. The summed E-state index contributed by atoms with van der Waals surface area (Å²) in [7, 11) is 0. The van der Waals surface area contributed by atoms with E-state index in [-0.39, 0.29) is 4.83 Å². The molecule has 0 aliphatic heterocycles. The predicted octanol–water partition coefficient (Wildman–Crippen LogP) is 2.48. The maximum atomic E-state index is 4.97. The molecular formula is C7H11BrN2O. The van der Waals surface area contributed by atoms with Gasteiger partial charge < -0.3 is 4.52 Å². The molecule has 1 aromatic rings. The second kappa shape index (κ2) is 3.85. The highest BCUT2D eigenvalue weighted by atomic mass is 79.9. The van der Waals surface area contributed by atoms with Gasteiger partial charge in [0.15, 0.2) is 5.82 Å². The number of hydrogen-bond acceptors (Lipinski definition) is 3. The summed E-state index contributed by atoms with van der Waals surface area (Å²) in [6.45, 7) is 4.05. The van der Waals surface area contributed by atoms with E-state index >= 15 is 0 Å². The monoisotopic (exact) mass is 218 g/mol. The molecule has 0 N–H and O–H groups in total. The van der Waals surface area contributed by atoms with Crippen molar-refractivity contribution < 1.29 is 4.52 Å². The lowest BCUT2D eigenvalue weighted by atomic mass is 10.3. The lowest BCUT2D eigenvalue weighted by Crippen LogP contribution is -1.87. The summed E-state index contributed by atoms with van der Waals surface area (Å²) in [6, 6.07) is 0. The van der Waals surface area contributed by atoms with E-state index in [1.54, 1.807) is 0 Å². The highest BCUT2D eigenvalue weighted by Crippen LogP contribution is 2.19. The third-order valence-electron chi connectivity index (χ3n) is 1.30. The Morgan fingerprint density at radius 1 is 1.64 bits per heavy atom. The Labute approximate surface area is 74.3 Å². The van der Waals surface area contributed by atoms with Crippen molar-refractivity contribution in [1.29, 1.82) is 0 Å². The number of aryl methyl sites for hydroxylation is 1. The zero-order chi connectivity index (χ0) is 8.27. The maximum absolute atomic E-state index is 4.97. The second-order valence-corrected chi connectivity index (χ2v) is 3.79. The molecule has 11 heavy (non-hydrogen) atoms. The van der Waals surface area contributed by atoms with Crippen LogP contribution in [0.15, 0.2) is 4.52 Å². The molecule has 0 spiro atoms. The largest absolute Gasteiger partial charge is 0.338 e. The molecule has 1 heterocycles. The molecule has 4 heteroatoms. The van der Waals surface area contributed by atoms with E-state index in [1.807, 2.05) is 6.92 Å². The molecule has 0 saturated carbocycles. The topological polar surface area (TPSA) is 38.9 Å². The van der Waals surface area contributed by atoms with Crippen molar-refractivity contribution in [3.63, 3.8) is 0 Å². The van der Waals surface area contributed by atoms with Gasteiger partial charge in [0.25, 0.3) is 0 Å². The molecule has 0 bridgehead atoms. The molecule has 0 unspecified atom stereocenters. The lowest BCUT2D eigenvalue weighted by molar-refractivity contribution is 0.375. The van der Waals surface area contributed by atoms with Crippen molar-refractivity contribution in [2.45, 2.75) is 31.5 Å². The van der Waals surface area contributed by atoms with Gasteiger partial charge in [-0.05, 0) is 13.3 Å². The first-order chi connectivity index (χ1) is 5.24. The van der Waals surface area contributed by atoms with Crippen LogP contribution < -0.4 is 0 Å². The highest BCUT2D eigenvalue weighted by molar-refractivity contribution is 9.09. The number of aromatic nitrogens is 2. The van der Waals surface area contributed by atoms with Crippen LogP contribution in [-0.2, 0) is 6.42 Å². The number of hydrogen-bond donors (Lipinski definition) is 0. The predicted molar refractivity (Wildman–Crippen MR) is 45.6 cm³/mol. The molecule has 0 saturated heterocycles. The summed E-state index contributed by atoms with van der Waals surface area (Å²) >= 11 is 3.35. The molecule has 0 aromatic carbocycles. The lowest BCUT2D eigenvalue weighted by Gasteiger charge is -1.89. The highest BCUT2D eigenvalue weighted by Gasteiger charge is 2.09.